The Morgan fingerprint density at radius 1 is 0.857 bits per heavy atom. The number of nitrogens with zero attached hydrogens (tertiary/aromatic N) is 2. The summed E-state index contributed by atoms with van der Waals surface area (Å²) in [4.78, 5) is 17.0. The molecule has 2 heterocycles. The van der Waals surface area contributed by atoms with E-state index in [0.29, 0.717) is 19.6 Å². The van der Waals surface area contributed by atoms with Crippen LogP contribution < -0.4 is 9.47 Å². The lowest BCUT2D eigenvalue weighted by Gasteiger charge is -2.34. The van der Waals surface area contributed by atoms with E-state index in [9.17, 15) is 4.79 Å². The smallest absolute Gasteiger partial charge is 0.222 e. The van der Waals surface area contributed by atoms with Crippen LogP contribution in [0, 0.1) is 0 Å². The van der Waals surface area contributed by atoms with Crippen LogP contribution in [0.15, 0.2) is 48.5 Å². The maximum absolute atomic E-state index is 12.5. The lowest BCUT2D eigenvalue weighted by Crippen LogP contribution is -2.48. The van der Waals surface area contributed by atoms with E-state index in [1.54, 1.807) is 0 Å². The minimum atomic E-state index is 0.275. The molecule has 0 atom stereocenters. The van der Waals surface area contributed by atoms with E-state index >= 15 is 0 Å². The normalized spacial score (nSPS) is 16.8. The number of hydrogen-bond donors (Lipinski definition) is 0. The standard InChI is InChI=1S/C23H28N2O3/c26-23(8-4-7-19-9-10-21-22(17-19)28-16-15-27-21)25-13-11-24(12-14-25)18-20-5-2-1-3-6-20/h1-3,5-6,9-10,17H,4,7-8,11-16,18H2. The molecule has 0 radical (unpaired) electrons. The average Bonchev–Trinajstić information content (AvgIpc) is 2.75. The maximum Gasteiger partial charge on any atom is 0.222 e. The summed E-state index contributed by atoms with van der Waals surface area (Å²) in [5, 5.41) is 0. The first kappa shape index (κ1) is 18.8. The number of aryl methyl sites for hydroxylation is 1. The van der Waals surface area contributed by atoms with Gasteiger partial charge in [-0.2, -0.15) is 0 Å². The first-order valence-electron chi connectivity index (χ1n) is 10.2. The highest BCUT2D eigenvalue weighted by atomic mass is 16.6. The number of carbonyl (C=O) groups is 1. The molecular weight excluding hydrogens is 352 g/mol. The lowest BCUT2D eigenvalue weighted by atomic mass is 10.1. The molecule has 2 aliphatic rings. The molecule has 1 amide bonds. The van der Waals surface area contributed by atoms with Crippen LogP contribution in [0.3, 0.4) is 0 Å². The Balaban J connectivity index is 1.19. The molecule has 0 bridgehead atoms. The molecule has 5 nitrogen and oxygen atoms in total. The largest absolute Gasteiger partial charge is 0.486 e. The van der Waals surface area contributed by atoms with Crippen molar-refractivity contribution in [2.75, 3.05) is 39.4 Å². The second-order valence-electron chi connectivity index (χ2n) is 7.47. The Kier molecular flexibility index (Phi) is 6.12. The summed E-state index contributed by atoms with van der Waals surface area (Å²) < 4.78 is 11.2. The summed E-state index contributed by atoms with van der Waals surface area (Å²) >= 11 is 0. The van der Waals surface area contributed by atoms with Crippen LogP contribution in [0.2, 0.25) is 0 Å². The van der Waals surface area contributed by atoms with Gasteiger partial charge in [0.2, 0.25) is 5.91 Å². The topological polar surface area (TPSA) is 42.0 Å². The lowest BCUT2D eigenvalue weighted by molar-refractivity contribution is -0.133. The van der Waals surface area contributed by atoms with Gasteiger partial charge in [-0.1, -0.05) is 36.4 Å². The quantitative estimate of drug-likeness (QED) is 0.772. The Morgan fingerprint density at radius 2 is 1.61 bits per heavy atom. The molecular formula is C23H28N2O3. The van der Waals surface area contributed by atoms with Crippen LogP contribution in [-0.2, 0) is 17.8 Å². The summed E-state index contributed by atoms with van der Waals surface area (Å²) in [6.45, 7) is 5.73. The van der Waals surface area contributed by atoms with Crippen LogP contribution in [0.25, 0.3) is 0 Å². The predicted octanol–water partition coefficient (Wildman–Crippen LogP) is 3.12. The third-order valence-electron chi connectivity index (χ3n) is 5.44. The summed E-state index contributed by atoms with van der Waals surface area (Å²) in [6, 6.07) is 16.6. The van der Waals surface area contributed by atoms with E-state index in [0.717, 1.165) is 57.1 Å². The summed E-state index contributed by atoms with van der Waals surface area (Å²) in [5.74, 6) is 1.92. The van der Waals surface area contributed by atoms with Crippen molar-refractivity contribution in [1.29, 1.82) is 0 Å². The average molecular weight is 380 g/mol. The van der Waals surface area contributed by atoms with Gasteiger partial charge >= 0.3 is 0 Å². The van der Waals surface area contributed by atoms with Gasteiger partial charge in [-0.25, -0.2) is 0 Å². The molecule has 0 N–H and O–H groups in total. The third-order valence-corrected chi connectivity index (χ3v) is 5.44. The molecule has 0 aromatic heterocycles. The number of hydrogen-bond acceptors (Lipinski definition) is 4. The molecule has 0 saturated carbocycles. The van der Waals surface area contributed by atoms with E-state index in [1.165, 1.54) is 11.1 Å². The highest BCUT2D eigenvalue weighted by molar-refractivity contribution is 5.76. The molecule has 0 aliphatic carbocycles. The van der Waals surface area contributed by atoms with E-state index in [2.05, 4.69) is 35.2 Å². The molecule has 1 saturated heterocycles. The van der Waals surface area contributed by atoms with Gasteiger partial charge in [0.15, 0.2) is 11.5 Å². The highest BCUT2D eigenvalue weighted by Crippen LogP contribution is 2.31. The molecule has 4 rings (SSSR count). The molecule has 0 spiro atoms. The van der Waals surface area contributed by atoms with Crippen LogP contribution in [0.1, 0.15) is 24.0 Å². The molecule has 2 aromatic rings. The van der Waals surface area contributed by atoms with E-state index in [-0.39, 0.29) is 5.91 Å². The van der Waals surface area contributed by atoms with Crippen molar-refractivity contribution in [3.05, 3.63) is 59.7 Å². The summed E-state index contributed by atoms with van der Waals surface area (Å²) in [5.41, 5.74) is 2.53. The third kappa shape index (κ3) is 4.84. The van der Waals surface area contributed by atoms with Gasteiger partial charge in [0.1, 0.15) is 13.2 Å². The number of amides is 1. The van der Waals surface area contributed by atoms with Crippen LogP contribution in [0.5, 0.6) is 11.5 Å². The summed E-state index contributed by atoms with van der Waals surface area (Å²) in [6.07, 6.45) is 2.35. The molecule has 0 unspecified atom stereocenters. The van der Waals surface area contributed by atoms with Gasteiger partial charge in [0, 0.05) is 39.1 Å². The van der Waals surface area contributed by atoms with Crippen molar-refractivity contribution in [3.8, 4) is 11.5 Å². The summed E-state index contributed by atoms with van der Waals surface area (Å²) in [7, 11) is 0. The Morgan fingerprint density at radius 3 is 2.39 bits per heavy atom. The zero-order chi connectivity index (χ0) is 19.2. The molecule has 148 valence electrons. The second-order valence-corrected chi connectivity index (χ2v) is 7.47. The number of rotatable bonds is 6. The van der Waals surface area contributed by atoms with Gasteiger partial charge in [0.25, 0.3) is 0 Å². The van der Waals surface area contributed by atoms with Gasteiger partial charge in [-0.15, -0.1) is 0 Å². The first-order chi connectivity index (χ1) is 13.8. The van der Waals surface area contributed by atoms with Gasteiger partial charge in [-0.3, -0.25) is 9.69 Å². The molecule has 28 heavy (non-hydrogen) atoms. The van der Waals surface area contributed by atoms with Crippen LogP contribution >= 0.6 is 0 Å². The molecule has 2 aromatic carbocycles. The Bertz CT molecular complexity index is 786. The van der Waals surface area contributed by atoms with E-state index in [4.69, 9.17) is 9.47 Å². The minimum absolute atomic E-state index is 0.275. The van der Waals surface area contributed by atoms with E-state index in [1.807, 2.05) is 23.1 Å². The van der Waals surface area contributed by atoms with Crippen molar-refractivity contribution in [3.63, 3.8) is 0 Å². The van der Waals surface area contributed by atoms with Crippen molar-refractivity contribution >= 4 is 5.91 Å². The first-order valence-corrected chi connectivity index (χ1v) is 10.2. The number of piperazine rings is 1. The van der Waals surface area contributed by atoms with Gasteiger partial charge in [0.05, 0.1) is 0 Å². The number of benzene rings is 2. The number of carbonyl (C=O) groups excluding carboxylic acids is 1. The minimum Gasteiger partial charge on any atom is -0.486 e. The number of fused-ring (bicyclic) bond motifs is 1. The second kappa shape index (κ2) is 9.11. The van der Waals surface area contributed by atoms with E-state index < -0.39 is 0 Å². The predicted molar refractivity (Wildman–Crippen MR) is 109 cm³/mol. The van der Waals surface area contributed by atoms with Crippen molar-refractivity contribution < 1.29 is 14.3 Å². The maximum atomic E-state index is 12.5. The Hall–Kier alpha value is -2.53. The number of ether oxygens (including phenoxy) is 2. The molecule has 2 aliphatic heterocycles. The fourth-order valence-corrected chi connectivity index (χ4v) is 3.84. The van der Waals surface area contributed by atoms with Crippen molar-refractivity contribution in [2.24, 2.45) is 0 Å². The fraction of sp³-hybridized carbons (Fsp3) is 0.435. The molecule has 5 heteroatoms. The van der Waals surface area contributed by atoms with Gasteiger partial charge < -0.3 is 14.4 Å². The monoisotopic (exact) mass is 380 g/mol. The highest BCUT2D eigenvalue weighted by Gasteiger charge is 2.20. The van der Waals surface area contributed by atoms with Crippen LogP contribution in [0.4, 0.5) is 0 Å². The fourth-order valence-electron chi connectivity index (χ4n) is 3.84. The van der Waals surface area contributed by atoms with Crippen molar-refractivity contribution in [2.45, 2.75) is 25.8 Å². The van der Waals surface area contributed by atoms with Crippen LogP contribution in [-0.4, -0.2) is 55.1 Å². The zero-order valence-electron chi connectivity index (χ0n) is 16.3. The molecule has 1 fully saturated rings. The zero-order valence-corrected chi connectivity index (χ0v) is 16.3. The SMILES string of the molecule is O=C(CCCc1ccc2c(c1)OCCO2)N1CCN(Cc2ccccc2)CC1. The Labute approximate surface area is 166 Å². The van der Waals surface area contributed by atoms with Crippen molar-refractivity contribution in [1.82, 2.24) is 9.80 Å². The van der Waals surface area contributed by atoms with Gasteiger partial charge in [-0.05, 0) is 36.1 Å².